The molecule has 0 bridgehead atoms. The van der Waals surface area contributed by atoms with Gasteiger partial charge in [-0.3, -0.25) is 9.36 Å². The van der Waals surface area contributed by atoms with Gasteiger partial charge in [0, 0.05) is 43.2 Å². The summed E-state index contributed by atoms with van der Waals surface area (Å²) in [7, 11) is -2.61. The zero-order valence-electron chi connectivity index (χ0n) is 23.2. The van der Waals surface area contributed by atoms with Crippen LogP contribution in [0, 0.1) is 12.8 Å². The van der Waals surface area contributed by atoms with Gasteiger partial charge in [0.05, 0.1) is 11.4 Å². The fourth-order valence-corrected chi connectivity index (χ4v) is 7.11. The number of nitrogens with one attached hydrogen (secondary N) is 1. The van der Waals surface area contributed by atoms with E-state index in [-0.39, 0.29) is 17.9 Å². The Morgan fingerprint density at radius 1 is 1.03 bits per heavy atom. The quantitative estimate of drug-likeness (QED) is 0.352. The van der Waals surface area contributed by atoms with Crippen LogP contribution in [-0.2, 0) is 25.3 Å². The molecule has 0 radical (unpaired) electrons. The molecule has 0 amide bonds. The number of anilines is 2. The summed E-state index contributed by atoms with van der Waals surface area (Å²) >= 11 is 0. The van der Waals surface area contributed by atoms with E-state index in [1.54, 1.807) is 0 Å². The number of carbonyl (C=O) groups excluding carboxylic acids is 1. The van der Waals surface area contributed by atoms with Gasteiger partial charge in [-0.05, 0) is 94.9 Å². The number of imidazole rings is 1. The molecule has 9 heteroatoms. The molecule has 2 saturated heterocycles. The van der Waals surface area contributed by atoms with E-state index in [9.17, 15) is 9.36 Å². The maximum Gasteiger partial charge on any atom is 0.164 e. The Labute approximate surface area is 230 Å². The molecule has 1 atom stereocenters. The molecular formula is C30H39N4O4P. The number of ketones is 1. The molecule has 39 heavy (non-hydrogen) atoms. The molecule has 3 fully saturated rings. The van der Waals surface area contributed by atoms with Crippen LogP contribution in [0.25, 0.3) is 11.2 Å². The molecule has 4 heterocycles. The first-order valence-electron chi connectivity index (χ1n) is 14.3. The van der Waals surface area contributed by atoms with Gasteiger partial charge < -0.3 is 19.4 Å². The molecule has 1 unspecified atom stereocenters. The smallest absolute Gasteiger partial charge is 0.164 e. The van der Waals surface area contributed by atoms with Crippen molar-refractivity contribution in [3.05, 3.63) is 41.3 Å². The van der Waals surface area contributed by atoms with Crippen molar-refractivity contribution in [2.75, 3.05) is 38.5 Å². The summed E-state index contributed by atoms with van der Waals surface area (Å²) in [6.45, 7) is 7.88. The Balaban J connectivity index is 1.42. The minimum atomic E-state index is -2.61. The molecule has 208 valence electrons. The topological polar surface area (TPSA) is 95.3 Å². The van der Waals surface area contributed by atoms with Crippen molar-refractivity contribution in [2.24, 2.45) is 5.92 Å². The normalized spacial score (nSPS) is 20.8. The molecule has 3 aliphatic rings. The van der Waals surface area contributed by atoms with Crippen LogP contribution in [0.15, 0.2) is 24.3 Å². The highest BCUT2D eigenvalue weighted by Crippen LogP contribution is 2.41. The van der Waals surface area contributed by atoms with Crippen molar-refractivity contribution >= 4 is 40.8 Å². The van der Waals surface area contributed by atoms with Crippen LogP contribution in [0.4, 0.5) is 11.4 Å². The Kier molecular flexibility index (Phi) is 7.38. The SMILES string of the molecule is Cc1nc2c(Nc3ccc(C4CCOCC4)cc3P(C)(C)=O)cc(CC(=O)C3CC3)nc2n1C1CCCCO1. The van der Waals surface area contributed by atoms with Crippen molar-refractivity contribution in [3.8, 4) is 0 Å². The fourth-order valence-electron chi connectivity index (χ4n) is 5.94. The summed E-state index contributed by atoms with van der Waals surface area (Å²) in [5, 5.41) is 4.42. The van der Waals surface area contributed by atoms with E-state index < -0.39 is 7.14 Å². The van der Waals surface area contributed by atoms with Gasteiger partial charge in [0.2, 0.25) is 0 Å². The number of rotatable bonds is 8. The van der Waals surface area contributed by atoms with Crippen LogP contribution in [0.5, 0.6) is 0 Å². The van der Waals surface area contributed by atoms with Crippen molar-refractivity contribution in [1.29, 1.82) is 0 Å². The van der Waals surface area contributed by atoms with Crippen molar-refractivity contribution < 1.29 is 18.8 Å². The summed E-state index contributed by atoms with van der Waals surface area (Å²) in [6.07, 6.45) is 7.17. The van der Waals surface area contributed by atoms with Crippen molar-refractivity contribution in [1.82, 2.24) is 14.5 Å². The van der Waals surface area contributed by atoms with E-state index in [0.717, 1.165) is 104 Å². The van der Waals surface area contributed by atoms with Crippen LogP contribution < -0.4 is 10.6 Å². The maximum atomic E-state index is 13.5. The number of carbonyl (C=O) groups is 1. The number of aromatic nitrogens is 3. The van der Waals surface area contributed by atoms with E-state index >= 15 is 0 Å². The van der Waals surface area contributed by atoms with Gasteiger partial charge in [-0.2, -0.15) is 0 Å². The van der Waals surface area contributed by atoms with Gasteiger partial charge in [0.15, 0.2) is 5.65 Å². The van der Waals surface area contributed by atoms with Crippen molar-refractivity contribution in [3.63, 3.8) is 0 Å². The monoisotopic (exact) mass is 550 g/mol. The Morgan fingerprint density at radius 2 is 1.82 bits per heavy atom. The molecule has 2 aromatic heterocycles. The second-order valence-corrected chi connectivity index (χ2v) is 14.9. The first-order valence-corrected chi connectivity index (χ1v) is 16.9. The number of fused-ring (bicyclic) bond motifs is 1. The Bertz CT molecular complexity index is 1430. The number of ether oxygens (including phenoxy) is 2. The minimum Gasteiger partial charge on any atom is -0.381 e. The van der Waals surface area contributed by atoms with Gasteiger partial charge in [0.1, 0.15) is 30.5 Å². The predicted molar refractivity (Wildman–Crippen MR) is 154 cm³/mol. The number of pyridine rings is 1. The maximum absolute atomic E-state index is 13.5. The lowest BCUT2D eigenvalue weighted by Crippen LogP contribution is -2.20. The van der Waals surface area contributed by atoms with E-state index in [0.29, 0.717) is 12.3 Å². The average molecular weight is 551 g/mol. The van der Waals surface area contributed by atoms with Crippen LogP contribution in [-0.4, -0.2) is 53.5 Å². The predicted octanol–water partition coefficient (Wildman–Crippen LogP) is 5.85. The number of aryl methyl sites for hydroxylation is 1. The summed E-state index contributed by atoms with van der Waals surface area (Å²) in [5.74, 6) is 1.67. The highest BCUT2D eigenvalue weighted by atomic mass is 31.2. The van der Waals surface area contributed by atoms with Gasteiger partial charge in [0.25, 0.3) is 0 Å². The third-order valence-corrected chi connectivity index (χ3v) is 9.80. The number of Topliss-reactive ketones (excluding diaryl/α,β-unsaturated/α-hetero) is 1. The number of hydrogen-bond donors (Lipinski definition) is 1. The van der Waals surface area contributed by atoms with Gasteiger partial charge in [-0.1, -0.05) is 6.07 Å². The molecule has 3 aromatic rings. The summed E-state index contributed by atoms with van der Waals surface area (Å²) < 4.78 is 27.3. The number of nitrogens with zero attached hydrogens (tertiary/aromatic N) is 3. The minimum absolute atomic E-state index is 0.112. The summed E-state index contributed by atoms with van der Waals surface area (Å²) in [5.41, 5.74) is 5.02. The van der Waals surface area contributed by atoms with E-state index in [1.165, 1.54) is 5.56 Å². The lowest BCUT2D eigenvalue weighted by Gasteiger charge is -2.25. The van der Waals surface area contributed by atoms with E-state index in [1.807, 2.05) is 26.3 Å². The third-order valence-electron chi connectivity index (χ3n) is 8.27. The van der Waals surface area contributed by atoms with Gasteiger partial charge >= 0.3 is 0 Å². The Morgan fingerprint density at radius 3 is 2.51 bits per heavy atom. The molecular weight excluding hydrogens is 511 g/mol. The zero-order chi connectivity index (χ0) is 27.1. The van der Waals surface area contributed by atoms with Crippen LogP contribution >= 0.6 is 7.14 Å². The number of hydrogen-bond acceptors (Lipinski definition) is 7. The van der Waals surface area contributed by atoms with Gasteiger partial charge in [-0.25, -0.2) is 9.97 Å². The fraction of sp³-hybridized carbons (Fsp3) is 0.567. The van der Waals surface area contributed by atoms with Crippen molar-refractivity contribution in [2.45, 2.75) is 70.4 Å². The standard InChI is InChI=1S/C30H39N4O4P/c1-19-31-29-25(33-24-10-9-22(16-27(24)39(2,3)36)20-11-14-37-15-12-20)17-23(18-26(35)21-7-8-21)32-30(29)34(19)28-6-4-5-13-38-28/h9-10,16-17,20-21,28H,4-8,11-15,18H2,1-3H3,(H,32,33). The largest absolute Gasteiger partial charge is 0.381 e. The lowest BCUT2D eigenvalue weighted by molar-refractivity contribution is -0.119. The third kappa shape index (κ3) is 5.70. The molecule has 1 N–H and O–H groups in total. The molecule has 1 aliphatic carbocycles. The molecule has 8 nitrogen and oxygen atoms in total. The number of benzene rings is 1. The zero-order valence-corrected chi connectivity index (χ0v) is 24.1. The van der Waals surface area contributed by atoms with E-state index in [4.69, 9.17) is 19.4 Å². The summed E-state index contributed by atoms with van der Waals surface area (Å²) in [4.78, 5) is 22.7. The molecule has 2 aliphatic heterocycles. The van der Waals surface area contributed by atoms with Gasteiger partial charge in [-0.15, -0.1) is 0 Å². The second kappa shape index (κ2) is 10.8. The molecule has 1 aromatic carbocycles. The molecule has 6 rings (SSSR count). The second-order valence-electron chi connectivity index (χ2n) is 11.7. The van der Waals surface area contributed by atoms with E-state index in [2.05, 4.69) is 28.1 Å². The molecule has 1 saturated carbocycles. The van der Waals surface area contributed by atoms with Crippen LogP contribution in [0.3, 0.4) is 0 Å². The highest BCUT2D eigenvalue weighted by Gasteiger charge is 2.31. The van der Waals surface area contributed by atoms with Crippen LogP contribution in [0.2, 0.25) is 0 Å². The molecule has 0 spiro atoms. The first-order chi connectivity index (χ1) is 18.8. The summed E-state index contributed by atoms with van der Waals surface area (Å²) in [6, 6.07) is 8.27. The Hall–Kier alpha value is -2.54. The lowest BCUT2D eigenvalue weighted by atomic mass is 9.91. The van der Waals surface area contributed by atoms with Crippen LogP contribution in [0.1, 0.15) is 74.2 Å². The highest BCUT2D eigenvalue weighted by molar-refractivity contribution is 7.70. The first kappa shape index (κ1) is 26.7. The average Bonchev–Trinajstić information content (AvgIpc) is 3.72.